The number of thioether (sulfide) groups is 1. The van der Waals surface area contributed by atoms with E-state index in [0.29, 0.717) is 22.4 Å². The molecule has 6 nitrogen and oxygen atoms in total. The summed E-state index contributed by atoms with van der Waals surface area (Å²) < 4.78 is 11.3. The monoisotopic (exact) mass is 458 g/mol. The van der Waals surface area contributed by atoms with E-state index in [0.717, 1.165) is 16.8 Å². The number of carbonyl (C=O) groups is 1. The van der Waals surface area contributed by atoms with Crippen LogP contribution in [0.15, 0.2) is 52.9 Å². The van der Waals surface area contributed by atoms with Crippen molar-refractivity contribution >= 4 is 29.3 Å². The van der Waals surface area contributed by atoms with Crippen LogP contribution in [0.2, 0.25) is 5.02 Å². The van der Waals surface area contributed by atoms with Crippen LogP contribution in [0.3, 0.4) is 0 Å². The Labute approximate surface area is 190 Å². The zero-order valence-electron chi connectivity index (χ0n) is 17.4. The molecule has 1 aromatic heterocycles. The van der Waals surface area contributed by atoms with E-state index >= 15 is 0 Å². The summed E-state index contributed by atoms with van der Waals surface area (Å²) in [5, 5.41) is 13.2. The molecule has 0 radical (unpaired) electrons. The van der Waals surface area contributed by atoms with Crippen molar-refractivity contribution in [2.75, 3.05) is 0 Å². The molecule has 2 unspecified atom stereocenters. The molecule has 0 aliphatic carbocycles. The number of oxazole rings is 1. The van der Waals surface area contributed by atoms with Crippen molar-refractivity contribution in [3.63, 3.8) is 0 Å². The molecule has 2 atom stereocenters. The average Bonchev–Trinajstić information content (AvgIpc) is 3.26. The van der Waals surface area contributed by atoms with E-state index in [4.69, 9.17) is 20.8 Å². The van der Waals surface area contributed by atoms with Crippen LogP contribution in [0.25, 0.3) is 11.5 Å². The Morgan fingerprint density at radius 2 is 1.90 bits per heavy atom. The van der Waals surface area contributed by atoms with Crippen LogP contribution in [-0.4, -0.2) is 26.8 Å². The first kappa shape index (κ1) is 21.7. The van der Waals surface area contributed by atoms with Crippen molar-refractivity contribution in [2.45, 2.75) is 43.5 Å². The normalized spacial score (nSPS) is 20.0. The van der Waals surface area contributed by atoms with E-state index in [-0.39, 0.29) is 12.0 Å². The second-order valence-electron chi connectivity index (χ2n) is 7.93. The van der Waals surface area contributed by atoms with Gasteiger partial charge in [-0.2, -0.15) is 0 Å². The third-order valence-electron chi connectivity index (χ3n) is 5.22. The Hall–Kier alpha value is -2.48. The summed E-state index contributed by atoms with van der Waals surface area (Å²) in [6.07, 6.45) is 0. The van der Waals surface area contributed by atoms with E-state index in [9.17, 15) is 9.90 Å². The Morgan fingerprint density at radius 3 is 2.52 bits per heavy atom. The first-order valence-corrected chi connectivity index (χ1v) is 11.1. The smallest absolute Gasteiger partial charge is 0.322 e. The van der Waals surface area contributed by atoms with Crippen LogP contribution in [0.1, 0.15) is 36.2 Å². The SMILES string of the molecule is Cc1oc(-c2ccc(Cl)cc2)nc1COc1ccc(C2NC(C(=O)O)C(C)(C)S2)cc1. The Balaban J connectivity index is 1.40. The van der Waals surface area contributed by atoms with Crippen molar-refractivity contribution in [1.29, 1.82) is 0 Å². The minimum absolute atomic E-state index is 0.0788. The second-order valence-corrected chi connectivity index (χ2v) is 10.1. The molecule has 0 saturated carbocycles. The van der Waals surface area contributed by atoms with Gasteiger partial charge in [0, 0.05) is 15.3 Å². The highest BCUT2D eigenvalue weighted by Crippen LogP contribution is 2.45. The maximum Gasteiger partial charge on any atom is 0.322 e. The quantitative estimate of drug-likeness (QED) is 0.508. The number of rotatable bonds is 6. The molecule has 1 saturated heterocycles. The molecule has 3 aromatic rings. The molecule has 0 bridgehead atoms. The van der Waals surface area contributed by atoms with E-state index in [2.05, 4.69) is 10.3 Å². The van der Waals surface area contributed by atoms with Gasteiger partial charge in [-0.25, -0.2) is 4.98 Å². The number of benzene rings is 2. The van der Waals surface area contributed by atoms with Crippen molar-refractivity contribution in [3.05, 3.63) is 70.6 Å². The fourth-order valence-corrected chi connectivity index (χ4v) is 4.99. The molecule has 2 N–H and O–H groups in total. The van der Waals surface area contributed by atoms with E-state index in [1.807, 2.05) is 57.2 Å². The highest BCUT2D eigenvalue weighted by atomic mass is 35.5. The molecule has 1 fully saturated rings. The number of halogens is 1. The lowest BCUT2D eigenvalue weighted by atomic mass is 10.0. The molecule has 31 heavy (non-hydrogen) atoms. The molecule has 8 heteroatoms. The van der Waals surface area contributed by atoms with Gasteiger partial charge in [-0.15, -0.1) is 11.8 Å². The van der Waals surface area contributed by atoms with E-state index in [1.54, 1.807) is 23.9 Å². The van der Waals surface area contributed by atoms with E-state index in [1.165, 1.54) is 0 Å². The summed E-state index contributed by atoms with van der Waals surface area (Å²) in [4.78, 5) is 16.0. The average molecular weight is 459 g/mol. The molecule has 1 aliphatic heterocycles. The summed E-state index contributed by atoms with van der Waals surface area (Å²) in [7, 11) is 0. The number of nitrogens with zero attached hydrogens (tertiary/aromatic N) is 1. The fraction of sp³-hybridized carbons (Fsp3) is 0.304. The number of hydrogen-bond donors (Lipinski definition) is 2. The number of aliphatic carboxylic acids is 1. The third kappa shape index (κ3) is 4.74. The van der Waals surface area contributed by atoms with Gasteiger partial charge in [-0.1, -0.05) is 23.7 Å². The predicted octanol–water partition coefficient (Wildman–Crippen LogP) is 5.45. The molecular formula is C23H23ClN2O4S. The summed E-state index contributed by atoms with van der Waals surface area (Å²) in [6.45, 7) is 6.03. The number of hydrogen-bond acceptors (Lipinski definition) is 6. The van der Waals surface area contributed by atoms with Gasteiger partial charge >= 0.3 is 5.97 Å². The summed E-state index contributed by atoms with van der Waals surface area (Å²) in [6, 6.07) is 14.4. The fourth-order valence-electron chi connectivity index (χ4n) is 3.46. The van der Waals surface area contributed by atoms with Crippen LogP contribution < -0.4 is 10.1 Å². The zero-order valence-corrected chi connectivity index (χ0v) is 19.0. The third-order valence-corrected chi connectivity index (χ3v) is 6.96. The maximum atomic E-state index is 11.5. The number of nitrogens with one attached hydrogen (secondary N) is 1. The van der Waals surface area contributed by atoms with Gasteiger partial charge in [-0.3, -0.25) is 10.1 Å². The first-order valence-electron chi connectivity index (χ1n) is 9.84. The number of aromatic nitrogens is 1. The van der Waals surface area contributed by atoms with Crippen LogP contribution in [-0.2, 0) is 11.4 Å². The maximum absolute atomic E-state index is 11.5. The molecule has 0 amide bonds. The van der Waals surface area contributed by atoms with Gasteiger partial charge in [0.2, 0.25) is 5.89 Å². The molecule has 1 aliphatic rings. The Kier molecular flexibility index (Phi) is 6.01. The Morgan fingerprint density at radius 1 is 1.23 bits per heavy atom. The van der Waals surface area contributed by atoms with Crippen molar-refractivity contribution in [3.8, 4) is 17.2 Å². The highest BCUT2D eigenvalue weighted by Gasteiger charge is 2.45. The summed E-state index contributed by atoms with van der Waals surface area (Å²) >= 11 is 7.55. The topological polar surface area (TPSA) is 84.6 Å². The number of ether oxygens (including phenoxy) is 1. The van der Waals surface area contributed by atoms with Crippen molar-refractivity contribution in [2.24, 2.45) is 0 Å². The van der Waals surface area contributed by atoms with Gasteiger partial charge in [0.25, 0.3) is 0 Å². The van der Waals surface area contributed by atoms with Crippen molar-refractivity contribution < 1.29 is 19.1 Å². The lowest BCUT2D eigenvalue weighted by molar-refractivity contribution is -0.139. The predicted molar refractivity (Wildman–Crippen MR) is 121 cm³/mol. The second kappa shape index (κ2) is 8.57. The van der Waals surface area contributed by atoms with E-state index < -0.39 is 16.8 Å². The van der Waals surface area contributed by atoms with Gasteiger partial charge in [0.1, 0.15) is 29.9 Å². The molecule has 0 spiro atoms. The van der Waals surface area contributed by atoms with Crippen LogP contribution in [0.4, 0.5) is 0 Å². The standard InChI is InChI=1S/C23H23ClN2O4S/c1-13-18(25-20(30-13)14-4-8-16(24)9-5-14)12-29-17-10-6-15(7-11-17)21-26-19(22(27)28)23(2,3)31-21/h4-11,19,21,26H,12H2,1-3H3,(H,27,28). The highest BCUT2D eigenvalue weighted by molar-refractivity contribution is 8.01. The zero-order chi connectivity index (χ0) is 22.2. The molecular weight excluding hydrogens is 436 g/mol. The van der Waals surface area contributed by atoms with Crippen molar-refractivity contribution in [1.82, 2.24) is 10.3 Å². The van der Waals surface area contributed by atoms with Crippen LogP contribution in [0, 0.1) is 6.92 Å². The lowest BCUT2D eigenvalue weighted by Crippen LogP contribution is -2.43. The molecule has 4 rings (SSSR count). The van der Waals surface area contributed by atoms with Gasteiger partial charge < -0.3 is 14.3 Å². The lowest BCUT2D eigenvalue weighted by Gasteiger charge is -2.20. The number of carboxylic acids is 1. The number of carboxylic acid groups (broad SMARTS) is 1. The largest absolute Gasteiger partial charge is 0.487 e. The molecule has 2 aromatic carbocycles. The summed E-state index contributed by atoms with van der Waals surface area (Å²) in [5.41, 5.74) is 2.59. The summed E-state index contributed by atoms with van der Waals surface area (Å²) in [5.74, 6) is 1.11. The molecule has 2 heterocycles. The van der Waals surface area contributed by atoms with Crippen LogP contribution >= 0.6 is 23.4 Å². The minimum atomic E-state index is -0.832. The van der Waals surface area contributed by atoms with Gasteiger partial charge in [0.05, 0.1) is 5.37 Å². The first-order chi connectivity index (χ1) is 14.7. The Bertz CT molecular complexity index is 1080. The number of aryl methyl sites for hydroxylation is 1. The minimum Gasteiger partial charge on any atom is -0.487 e. The molecule has 162 valence electrons. The van der Waals surface area contributed by atoms with Gasteiger partial charge in [-0.05, 0) is 62.7 Å². The van der Waals surface area contributed by atoms with Gasteiger partial charge in [0.15, 0.2) is 0 Å². The van der Waals surface area contributed by atoms with Crippen LogP contribution in [0.5, 0.6) is 5.75 Å².